The van der Waals surface area contributed by atoms with Gasteiger partial charge in [-0.25, -0.2) is 0 Å². The van der Waals surface area contributed by atoms with Crippen LogP contribution < -0.4 is 0 Å². The van der Waals surface area contributed by atoms with Crippen molar-refractivity contribution >= 4 is 29.1 Å². The molecule has 122 valence electrons. The van der Waals surface area contributed by atoms with E-state index in [1.54, 1.807) is 13.0 Å². The van der Waals surface area contributed by atoms with Crippen LogP contribution in [0, 0.1) is 6.92 Å². The number of fused-ring (bicyclic) bond motifs is 1. The molecule has 2 heterocycles. The van der Waals surface area contributed by atoms with Crippen molar-refractivity contribution in [1.82, 2.24) is 15.0 Å². The Labute approximate surface area is 144 Å². The molecule has 1 aromatic heterocycles. The summed E-state index contributed by atoms with van der Waals surface area (Å²) in [6.07, 6.45) is 2.55. The van der Waals surface area contributed by atoms with Gasteiger partial charge in [-0.1, -0.05) is 28.4 Å². The first-order chi connectivity index (χ1) is 11.0. The number of carbonyl (C=O) groups excluding carboxylic acids is 1. The van der Waals surface area contributed by atoms with Gasteiger partial charge in [0.15, 0.2) is 5.82 Å². The highest BCUT2D eigenvalue weighted by atomic mass is 35.5. The molecule has 7 heteroatoms. The number of hydrogen-bond donors (Lipinski definition) is 0. The van der Waals surface area contributed by atoms with E-state index in [2.05, 4.69) is 10.1 Å². The largest absolute Gasteiger partial charge is 0.339 e. The van der Waals surface area contributed by atoms with E-state index in [9.17, 15) is 4.79 Å². The van der Waals surface area contributed by atoms with Crippen molar-refractivity contribution in [3.63, 3.8) is 0 Å². The number of aromatic nitrogens is 2. The third-order valence-corrected chi connectivity index (χ3v) is 4.51. The molecule has 1 aromatic carbocycles. The molecular weight excluding hydrogens is 337 g/mol. The first-order valence-electron chi connectivity index (χ1n) is 7.56. The molecule has 0 radical (unpaired) electrons. The Bertz CT molecular complexity index is 730. The van der Waals surface area contributed by atoms with Crippen LogP contribution in [0.2, 0.25) is 10.0 Å². The van der Waals surface area contributed by atoms with Crippen molar-refractivity contribution in [1.29, 1.82) is 0 Å². The summed E-state index contributed by atoms with van der Waals surface area (Å²) in [5.41, 5.74) is 2.14. The number of benzene rings is 1. The number of amides is 1. The highest BCUT2D eigenvalue weighted by molar-refractivity contribution is 6.35. The molecule has 0 spiro atoms. The smallest absolute Gasteiger partial charge is 0.226 e. The van der Waals surface area contributed by atoms with Gasteiger partial charge >= 0.3 is 0 Å². The Morgan fingerprint density at radius 2 is 2.22 bits per heavy atom. The summed E-state index contributed by atoms with van der Waals surface area (Å²) in [7, 11) is 0. The van der Waals surface area contributed by atoms with Crippen molar-refractivity contribution in [2.45, 2.75) is 39.2 Å². The highest BCUT2D eigenvalue weighted by Gasteiger charge is 2.22. The van der Waals surface area contributed by atoms with Gasteiger partial charge in [0.05, 0.1) is 0 Å². The van der Waals surface area contributed by atoms with Gasteiger partial charge < -0.3 is 9.42 Å². The van der Waals surface area contributed by atoms with Gasteiger partial charge in [0.1, 0.15) is 0 Å². The molecule has 0 N–H and O–H groups in total. The zero-order valence-corrected chi connectivity index (χ0v) is 14.3. The molecule has 1 aliphatic rings. The lowest BCUT2D eigenvalue weighted by Crippen LogP contribution is -2.36. The van der Waals surface area contributed by atoms with Crippen LogP contribution in [0.4, 0.5) is 0 Å². The summed E-state index contributed by atoms with van der Waals surface area (Å²) in [6, 6.07) is 3.66. The molecule has 0 atom stereocenters. The van der Waals surface area contributed by atoms with Gasteiger partial charge in [-0.3, -0.25) is 4.79 Å². The SMILES string of the molecule is Cc1noc(CCCC(=O)N2CCc3cc(Cl)cc(Cl)c3C2)n1. The molecule has 0 unspecified atom stereocenters. The van der Waals surface area contributed by atoms with E-state index in [1.165, 1.54) is 0 Å². The van der Waals surface area contributed by atoms with E-state index in [0.717, 1.165) is 17.5 Å². The zero-order valence-electron chi connectivity index (χ0n) is 12.8. The normalized spacial score (nSPS) is 14.0. The Balaban J connectivity index is 1.56. The summed E-state index contributed by atoms with van der Waals surface area (Å²) in [6.45, 7) is 3.02. The molecule has 5 nitrogen and oxygen atoms in total. The number of aryl methyl sites for hydroxylation is 2. The third kappa shape index (κ3) is 3.85. The Morgan fingerprint density at radius 1 is 1.39 bits per heavy atom. The van der Waals surface area contributed by atoms with E-state index in [0.29, 0.717) is 54.1 Å². The minimum atomic E-state index is 0.123. The number of halogens is 2. The molecule has 0 saturated carbocycles. The predicted octanol–water partition coefficient (Wildman–Crippen LogP) is 3.59. The third-order valence-electron chi connectivity index (χ3n) is 3.96. The molecule has 2 aromatic rings. The second kappa shape index (κ2) is 6.89. The van der Waals surface area contributed by atoms with Crippen molar-refractivity contribution in [2.75, 3.05) is 6.54 Å². The minimum Gasteiger partial charge on any atom is -0.339 e. The molecule has 0 aliphatic carbocycles. The molecule has 3 rings (SSSR count). The maximum atomic E-state index is 12.4. The van der Waals surface area contributed by atoms with E-state index in [1.807, 2.05) is 11.0 Å². The fourth-order valence-corrected chi connectivity index (χ4v) is 3.38. The number of nitrogens with zero attached hydrogens (tertiary/aromatic N) is 3. The number of rotatable bonds is 4. The molecular formula is C16H17Cl2N3O2. The van der Waals surface area contributed by atoms with Crippen LogP contribution in [-0.4, -0.2) is 27.5 Å². The maximum absolute atomic E-state index is 12.4. The topological polar surface area (TPSA) is 59.2 Å². The lowest BCUT2D eigenvalue weighted by Gasteiger charge is -2.29. The maximum Gasteiger partial charge on any atom is 0.226 e. The fraction of sp³-hybridized carbons (Fsp3) is 0.438. The molecule has 1 amide bonds. The van der Waals surface area contributed by atoms with Crippen LogP contribution in [0.5, 0.6) is 0 Å². The second-order valence-electron chi connectivity index (χ2n) is 5.68. The average Bonchev–Trinajstić information content (AvgIpc) is 2.92. The summed E-state index contributed by atoms with van der Waals surface area (Å²) in [4.78, 5) is 18.4. The summed E-state index contributed by atoms with van der Waals surface area (Å²) < 4.78 is 5.05. The minimum absolute atomic E-state index is 0.123. The van der Waals surface area contributed by atoms with Crippen molar-refractivity contribution < 1.29 is 9.32 Å². The first-order valence-corrected chi connectivity index (χ1v) is 8.32. The zero-order chi connectivity index (χ0) is 16.4. The van der Waals surface area contributed by atoms with Crippen molar-refractivity contribution in [3.8, 4) is 0 Å². The standard InChI is InChI=1S/C16H17Cl2N3O2/c1-10-19-15(23-20-10)3-2-4-16(22)21-6-5-11-7-12(17)8-14(18)13(11)9-21/h7-8H,2-6,9H2,1H3. The van der Waals surface area contributed by atoms with E-state index in [4.69, 9.17) is 27.7 Å². The molecule has 1 aliphatic heterocycles. The van der Waals surface area contributed by atoms with E-state index in [-0.39, 0.29) is 5.91 Å². The fourth-order valence-electron chi connectivity index (χ4n) is 2.79. The molecule has 0 saturated heterocycles. The van der Waals surface area contributed by atoms with Crippen LogP contribution in [0.15, 0.2) is 16.7 Å². The quantitative estimate of drug-likeness (QED) is 0.842. The Kier molecular flexibility index (Phi) is 4.87. The summed E-state index contributed by atoms with van der Waals surface area (Å²) >= 11 is 12.3. The van der Waals surface area contributed by atoms with E-state index >= 15 is 0 Å². The summed E-state index contributed by atoms with van der Waals surface area (Å²) in [5, 5.41) is 5.01. The summed E-state index contributed by atoms with van der Waals surface area (Å²) in [5.74, 6) is 1.32. The van der Waals surface area contributed by atoms with Crippen molar-refractivity contribution in [3.05, 3.63) is 45.0 Å². The molecule has 0 bridgehead atoms. The van der Waals surface area contributed by atoms with Gasteiger partial charge in [-0.2, -0.15) is 4.98 Å². The Hall–Kier alpha value is -1.59. The van der Waals surface area contributed by atoms with Crippen LogP contribution >= 0.6 is 23.2 Å². The average molecular weight is 354 g/mol. The monoisotopic (exact) mass is 353 g/mol. The lowest BCUT2D eigenvalue weighted by atomic mass is 9.99. The Morgan fingerprint density at radius 3 is 2.96 bits per heavy atom. The van der Waals surface area contributed by atoms with Gasteiger partial charge in [0.2, 0.25) is 11.8 Å². The van der Waals surface area contributed by atoms with Crippen LogP contribution in [-0.2, 0) is 24.2 Å². The second-order valence-corrected chi connectivity index (χ2v) is 6.52. The lowest BCUT2D eigenvalue weighted by molar-refractivity contribution is -0.132. The number of hydrogen-bond acceptors (Lipinski definition) is 4. The van der Waals surface area contributed by atoms with Crippen LogP contribution in [0.25, 0.3) is 0 Å². The van der Waals surface area contributed by atoms with Gasteiger partial charge in [0, 0.05) is 36.0 Å². The molecule has 0 fully saturated rings. The highest BCUT2D eigenvalue weighted by Crippen LogP contribution is 2.30. The first kappa shape index (κ1) is 16.3. The number of carbonyl (C=O) groups is 1. The van der Waals surface area contributed by atoms with Gasteiger partial charge in [-0.15, -0.1) is 0 Å². The van der Waals surface area contributed by atoms with E-state index < -0.39 is 0 Å². The van der Waals surface area contributed by atoms with Crippen molar-refractivity contribution in [2.24, 2.45) is 0 Å². The van der Waals surface area contributed by atoms with Crippen LogP contribution in [0.3, 0.4) is 0 Å². The predicted molar refractivity (Wildman–Crippen MR) is 87.6 cm³/mol. The van der Waals surface area contributed by atoms with Crippen LogP contribution in [0.1, 0.15) is 35.7 Å². The van der Waals surface area contributed by atoms with Gasteiger partial charge in [-0.05, 0) is 43.0 Å². The van der Waals surface area contributed by atoms with Gasteiger partial charge in [0.25, 0.3) is 0 Å². The molecule has 23 heavy (non-hydrogen) atoms.